The van der Waals surface area contributed by atoms with Gasteiger partial charge in [0.05, 0.1) is 18.8 Å². The highest BCUT2D eigenvalue weighted by atomic mass is 35.5. The van der Waals surface area contributed by atoms with E-state index in [4.69, 9.17) is 21.1 Å². The third-order valence-electron chi connectivity index (χ3n) is 4.35. The third-order valence-corrected chi connectivity index (χ3v) is 4.62. The average Bonchev–Trinajstić information content (AvgIpc) is 2.64. The summed E-state index contributed by atoms with van der Waals surface area (Å²) in [5, 5.41) is 3.19. The molecule has 0 radical (unpaired) electrons. The molecule has 3 rings (SSSR count). The van der Waals surface area contributed by atoms with Crippen molar-refractivity contribution in [3.63, 3.8) is 0 Å². The van der Waals surface area contributed by atoms with Crippen LogP contribution in [0.5, 0.6) is 5.88 Å². The SMILES string of the molecule is CC(C)c1ccc(NC(=O)c2cnc(OC3CCOCC3)c(Cl)c2)cc1. The van der Waals surface area contributed by atoms with Gasteiger partial charge in [-0.3, -0.25) is 4.79 Å². The van der Waals surface area contributed by atoms with E-state index in [0.717, 1.165) is 18.5 Å². The first-order chi connectivity index (χ1) is 12.5. The summed E-state index contributed by atoms with van der Waals surface area (Å²) < 4.78 is 11.1. The van der Waals surface area contributed by atoms with E-state index < -0.39 is 0 Å². The second kappa shape index (κ2) is 8.52. The van der Waals surface area contributed by atoms with Gasteiger partial charge in [0.2, 0.25) is 5.88 Å². The quantitative estimate of drug-likeness (QED) is 0.826. The molecular weight excluding hydrogens is 352 g/mol. The third kappa shape index (κ3) is 4.74. The van der Waals surface area contributed by atoms with Crippen LogP contribution in [0.2, 0.25) is 5.02 Å². The maximum absolute atomic E-state index is 12.4. The molecule has 1 aromatic carbocycles. The Hall–Kier alpha value is -2.11. The van der Waals surface area contributed by atoms with Crippen LogP contribution in [0, 0.1) is 0 Å². The van der Waals surface area contributed by atoms with Crippen LogP contribution in [0.4, 0.5) is 5.69 Å². The lowest BCUT2D eigenvalue weighted by atomic mass is 10.0. The van der Waals surface area contributed by atoms with Gasteiger partial charge in [-0.2, -0.15) is 0 Å². The molecule has 1 aliphatic heterocycles. The highest BCUT2D eigenvalue weighted by molar-refractivity contribution is 6.32. The van der Waals surface area contributed by atoms with Crippen LogP contribution in [0.15, 0.2) is 36.5 Å². The number of halogens is 1. The molecule has 2 heterocycles. The monoisotopic (exact) mass is 374 g/mol. The molecule has 1 fully saturated rings. The molecule has 0 atom stereocenters. The number of nitrogens with one attached hydrogen (secondary N) is 1. The van der Waals surface area contributed by atoms with E-state index in [1.165, 1.54) is 11.8 Å². The molecule has 0 saturated carbocycles. The number of pyridine rings is 1. The number of aromatic nitrogens is 1. The van der Waals surface area contributed by atoms with E-state index in [2.05, 4.69) is 24.1 Å². The molecule has 1 saturated heterocycles. The van der Waals surface area contributed by atoms with Crippen LogP contribution in [0.3, 0.4) is 0 Å². The summed E-state index contributed by atoms with van der Waals surface area (Å²) >= 11 is 6.25. The topological polar surface area (TPSA) is 60.5 Å². The molecular formula is C20H23ClN2O3. The van der Waals surface area contributed by atoms with Gasteiger partial charge in [0.1, 0.15) is 11.1 Å². The van der Waals surface area contributed by atoms with E-state index in [0.29, 0.717) is 35.6 Å². The second-order valence-electron chi connectivity index (χ2n) is 6.67. The van der Waals surface area contributed by atoms with Crippen molar-refractivity contribution in [2.24, 2.45) is 0 Å². The van der Waals surface area contributed by atoms with Crippen LogP contribution in [0.25, 0.3) is 0 Å². The summed E-state index contributed by atoms with van der Waals surface area (Å²) in [5.74, 6) is 0.553. The lowest BCUT2D eigenvalue weighted by Crippen LogP contribution is -2.26. The smallest absolute Gasteiger partial charge is 0.257 e. The maximum Gasteiger partial charge on any atom is 0.257 e. The lowest BCUT2D eigenvalue weighted by molar-refractivity contribution is 0.0238. The number of anilines is 1. The summed E-state index contributed by atoms with van der Waals surface area (Å²) in [6.45, 7) is 5.62. The maximum atomic E-state index is 12.4. The van der Waals surface area contributed by atoms with E-state index in [9.17, 15) is 4.79 Å². The molecule has 6 heteroatoms. The van der Waals surface area contributed by atoms with Gasteiger partial charge < -0.3 is 14.8 Å². The number of amides is 1. The fourth-order valence-electron chi connectivity index (χ4n) is 2.74. The molecule has 0 spiro atoms. The average molecular weight is 375 g/mol. The van der Waals surface area contributed by atoms with E-state index in [-0.39, 0.29) is 12.0 Å². The normalized spacial score (nSPS) is 15.1. The van der Waals surface area contributed by atoms with Gasteiger partial charge in [-0.1, -0.05) is 37.6 Å². The molecule has 2 aromatic rings. The first-order valence-corrected chi connectivity index (χ1v) is 9.22. The van der Waals surface area contributed by atoms with Gasteiger partial charge in [-0.05, 0) is 29.7 Å². The van der Waals surface area contributed by atoms with Crippen molar-refractivity contribution in [3.8, 4) is 5.88 Å². The number of hydrogen-bond acceptors (Lipinski definition) is 4. The van der Waals surface area contributed by atoms with Crippen LogP contribution in [-0.4, -0.2) is 30.2 Å². The highest BCUT2D eigenvalue weighted by Crippen LogP contribution is 2.26. The summed E-state index contributed by atoms with van der Waals surface area (Å²) in [6, 6.07) is 9.39. The van der Waals surface area contributed by atoms with Gasteiger partial charge in [-0.25, -0.2) is 4.98 Å². The van der Waals surface area contributed by atoms with E-state index >= 15 is 0 Å². The Morgan fingerprint density at radius 2 is 1.96 bits per heavy atom. The fraction of sp³-hybridized carbons (Fsp3) is 0.400. The Balaban J connectivity index is 1.64. The minimum absolute atomic E-state index is 0.0490. The Bertz CT molecular complexity index is 756. The Kier molecular flexibility index (Phi) is 6.12. The van der Waals surface area contributed by atoms with E-state index in [1.54, 1.807) is 6.07 Å². The molecule has 1 N–H and O–H groups in total. The second-order valence-corrected chi connectivity index (χ2v) is 7.08. The summed E-state index contributed by atoms with van der Waals surface area (Å²) in [6.07, 6.45) is 3.16. The number of rotatable bonds is 5. The number of carbonyl (C=O) groups is 1. The number of ether oxygens (including phenoxy) is 2. The van der Waals surface area contributed by atoms with Crippen LogP contribution >= 0.6 is 11.6 Å². The van der Waals surface area contributed by atoms with Crippen molar-refractivity contribution in [2.75, 3.05) is 18.5 Å². The minimum Gasteiger partial charge on any atom is -0.473 e. The van der Waals surface area contributed by atoms with E-state index in [1.807, 2.05) is 24.3 Å². The molecule has 1 amide bonds. The van der Waals surface area contributed by atoms with Crippen molar-refractivity contribution < 1.29 is 14.3 Å². The molecule has 0 aliphatic carbocycles. The lowest BCUT2D eigenvalue weighted by Gasteiger charge is -2.23. The summed E-state index contributed by atoms with van der Waals surface area (Å²) in [5.41, 5.74) is 2.35. The van der Waals surface area contributed by atoms with Crippen molar-refractivity contribution in [1.82, 2.24) is 4.98 Å². The molecule has 1 aliphatic rings. The number of hydrogen-bond donors (Lipinski definition) is 1. The Morgan fingerprint density at radius 1 is 1.27 bits per heavy atom. The molecule has 5 nitrogen and oxygen atoms in total. The van der Waals surface area contributed by atoms with Gasteiger partial charge in [0, 0.05) is 24.7 Å². The Labute approximate surface area is 158 Å². The van der Waals surface area contributed by atoms with Crippen molar-refractivity contribution in [3.05, 3.63) is 52.7 Å². The standard InChI is InChI=1S/C20H23ClN2O3/c1-13(2)14-3-5-16(6-4-14)23-19(24)15-11-18(21)20(22-12-15)26-17-7-9-25-10-8-17/h3-6,11-13,17H,7-10H2,1-2H3,(H,23,24). The summed E-state index contributed by atoms with van der Waals surface area (Å²) in [7, 11) is 0. The molecule has 138 valence electrons. The van der Waals surface area contributed by atoms with Crippen molar-refractivity contribution >= 4 is 23.2 Å². The van der Waals surface area contributed by atoms with Crippen molar-refractivity contribution in [2.45, 2.75) is 38.7 Å². The Morgan fingerprint density at radius 3 is 2.58 bits per heavy atom. The molecule has 0 unspecified atom stereocenters. The largest absolute Gasteiger partial charge is 0.473 e. The van der Waals surface area contributed by atoms with Crippen LogP contribution in [0.1, 0.15) is 48.5 Å². The first-order valence-electron chi connectivity index (χ1n) is 8.84. The van der Waals surface area contributed by atoms with Gasteiger partial charge in [0.25, 0.3) is 5.91 Å². The molecule has 1 aromatic heterocycles. The molecule has 0 bridgehead atoms. The predicted molar refractivity (Wildman–Crippen MR) is 102 cm³/mol. The zero-order valence-corrected chi connectivity index (χ0v) is 15.8. The zero-order valence-electron chi connectivity index (χ0n) is 15.0. The van der Waals surface area contributed by atoms with Gasteiger partial charge >= 0.3 is 0 Å². The zero-order chi connectivity index (χ0) is 18.5. The first kappa shape index (κ1) is 18.7. The fourth-order valence-corrected chi connectivity index (χ4v) is 2.95. The van der Waals surface area contributed by atoms with Gasteiger partial charge in [-0.15, -0.1) is 0 Å². The number of carbonyl (C=O) groups excluding carboxylic acids is 1. The van der Waals surface area contributed by atoms with Crippen LogP contribution in [-0.2, 0) is 4.74 Å². The number of nitrogens with zero attached hydrogens (tertiary/aromatic N) is 1. The molecule has 26 heavy (non-hydrogen) atoms. The predicted octanol–water partition coefficient (Wildman–Crippen LogP) is 4.67. The number of benzene rings is 1. The summed E-state index contributed by atoms with van der Waals surface area (Å²) in [4.78, 5) is 16.6. The minimum atomic E-state index is -0.255. The van der Waals surface area contributed by atoms with Gasteiger partial charge in [0.15, 0.2) is 0 Å². The van der Waals surface area contributed by atoms with Crippen LogP contribution < -0.4 is 10.1 Å². The highest BCUT2D eigenvalue weighted by Gasteiger charge is 2.18. The van der Waals surface area contributed by atoms with Crippen molar-refractivity contribution in [1.29, 1.82) is 0 Å².